The zero-order chi connectivity index (χ0) is 19.3. The maximum Gasteiger partial charge on any atom is 0.273 e. The summed E-state index contributed by atoms with van der Waals surface area (Å²) in [5.74, 6) is 0.883. The highest BCUT2D eigenvalue weighted by Crippen LogP contribution is 2.20. The summed E-state index contributed by atoms with van der Waals surface area (Å²) < 4.78 is 10.4. The Balaban J connectivity index is 1.58. The fourth-order valence-corrected chi connectivity index (χ4v) is 2.73. The molecule has 0 fully saturated rings. The molecule has 1 unspecified atom stereocenters. The molecular formula is C21H22N2O4. The summed E-state index contributed by atoms with van der Waals surface area (Å²) in [6, 6.07) is 18.5. The molecule has 140 valence electrons. The monoisotopic (exact) mass is 366 g/mol. The van der Waals surface area contributed by atoms with Crippen LogP contribution in [-0.2, 0) is 6.42 Å². The van der Waals surface area contributed by atoms with Gasteiger partial charge in [0.05, 0.1) is 12.7 Å². The van der Waals surface area contributed by atoms with E-state index in [9.17, 15) is 9.90 Å². The third-order valence-corrected chi connectivity index (χ3v) is 4.17. The van der Waals surface area contributed by atoms with E-state index in [0.29, 0.717) is 12.2 Å². The molecular weight excluding hydrogens is 344 g/mol. The van der Waals surface area contributed by atoms with Gasteiger partial charge in [0.1, 0.15) is 5.75 Å². The van der Waals surface area contributed by atoms with Gasteiger partial charge in [-0.15, -0.1) is 0 Å². The van der Waals surface area contributed by atoms with Crippen molar-refractivity contribution in [2.45, 2.75) is 18.9 Å². The zero-order valence-electron chi connectivity index (χ0n) is 15.3. The van der Waals surface area contributed by atoms with E-state index in [2.05, 4.69) is 10.5 Å². The Labute approximate surface area is 157 Å². The van der Waals surface area contributed by atoms with E-state index in [1.165, 1.54) is 0 Å². The summed E-state index contributed by atoms with van der Waals surface area (Å²) >= 11 is 0. The second-order valence-electron chi connectivity index (χ2n) is 6.65. The van der Waals surface area contributed by atoms with Crippen LogP contribution in [0.4, 0.5) is 0 Å². The summed E-state index contributed by atoms with van der Waals surface area (Å²) in [4.78, 5) is 12.3. The van der Waals surface area contributed by atoms with Crippen molar-refractivity contribution in [2.24, 2.45) is 0 Å². The van der Waals surface area contributed by atoms with E-state index in [1.54, 1.807) is 20.1 Å². The van der Waals surface area contributed by atoms with Gasteiger partial charge in [-0.1, -0.05) is 47.6 Å². The second-order valence-corrected chi connectivity index (χ2v) is 6.65. The van der Waals surface area contributed by atoms with Crippen molar-refractivity contribution in [3.05, 3.63) is 71.9 Å². The van der Waals surface area contributed by atoms with Crippen molar-refractivity contribution in [3.63, 3.8) is 0 Å². The van der Waals surface area contributed by atoms with Crippen LogP contribution in [0.15, 0.2) is 65.2 Å². The summed E-state index contributed by atoms with van der Waals surface area (Å²) in [5.41, 5.74) is 0.864. The molecule has 0 saturated carbocycles. The van der Waals surface area contributed by atoms with Crippen LogP contribution < -0.4 is 10.1 Å². The molecule has 27 heavy (non-hydrogen) atoms. The Bertz CT molecular complexity index is 886. The molecule has 0 aliphatic carbocycles. The minimum atomic E-state index is -1.10. The molecule has 0 aliphatic heterocycles. The predicted molar refractivity (Wildman–Crippen MR) is 102 cm³/mol. The van der Waals surface area contributed by atoms with Crippen LogP contribution in [0.25, 0.3) is 11.3 Å². The third kappa shape index (κ3) is 4.95. The van der Waals surface area contributed by atoms with Crippen LogP contribution in [0.5, 0.6) is 5.75 Å². The Hall–Kier alpha value is -3.12. The molecule has 1 aromatic heterocycles. The summed E-state index contributed by atoms with van der Waals surface area (Å²) in [6.45, 7) is 1.76. The summed E-state index contributed by atoms with van der Waals surface area (Å²) in [6.07, 6.45) is 0.394. The predicted octanol–water partition coefficient (Wildman–Crippen LogP) is 3.07. The van der Waals surface area contributed by atoms with Crippen molar-refractivity contribution in [3.8, 4) is 17.1 Å². The number of carbonyl (C=O) groups excluding carboxylic acids is 1. The first-order valence-corrected chi connectivity index (χ1v) is 8.62. The van der Waals surface area contributed by atoms with Crippen LogP contribution >= 0.6 is 0 Å². The van der Waals surface area contributed by atoms with Gasteiger partial charge in [-0.3, -0.25) is 4.79 Å². The Morgan fingerprint density at radius 2 is 1.89 bits per heavy atom. The molecule has 3 rings (SSSR count). The Morgan fingerprint density at radius 1 is 1.19 bits per heavy atom. The van der Waals surface area contributed by atoms with Gasteiger partial charge in [0.2, 0.25) is 0 Å². The van der Waals surface area contributed by atoms with Crippen LogP contribution in [0.3, 0.4) is 0 Å². The largest absolute Gasteiger partial charge is 0.497 e. The molecule has 1 amide bonds. The number of ether oxygens (including phenoxy) is 1. The standard InChI is InChI=1S/C21H22N2O4/c1-21(25,13-15-8-10-17(26-2)11-9-15)14-22-20(24)18-12-19(27-23-18)16-6-4-3-5-7-16/h3-12,25H,13-14H2,1-2H3,(H,22,24). The molecule has 3 aromatic rings. The normalized spacial score (nSPS) is 13.0. The fraction of sp³-hybridized carbons (Fsp3) is 0.238. The third-order valence-electron chi connectivity index (χ3n) is 4.17. The quantitative estimate of drug-likeness (QED) is 0.671. The molecule has 2 N–H and O–H groups in total. The van der Waals surface area contributed by atoms with Gasteiger partial charge in [0, 0.05) is 24.6 Å². The first kappa shape index (κ1) is 18.7. The number of rotatable bonds is 7. The van der Waals surface area contributed by atoms with Gasteiger partial charge >= 0.3 is 0 Å². The number of hydrogen-bond donors (Lipinski definition) is 2. The minimum Gasteiger partial charge on any atom is -0.497 e. The average molecular weight is 366 g/mol. The lowest BCUT2D eigenvalue weighted by Crippen LogP contribution is -2.42. The minimum absolute atomic E-state index is 0.0887. The lowest BCUT2D eigenvalue weighted by molar-refractivity contribution is 0.0550. The van der Waals surface area contributed by atoms with E-state index in [4.69, 9.17) is 9.26 Å². The highest BCUT2D eigenvalue weighted by atomic mass is 16.5. The molecule has 6 nitrogen and oxygen atoms in total. The molecule has 1 atom stereocenters. The maximum atomic E-state index is 12.3. The molecule has 0 bridgehead atoms. The highest BCUT2D eigenvalue weighted by Gasteiger charge is 2.23. The number of benzene rings is 2. The Kier molecular flexibility index (Phi) is 5.57. The summed E-state index contributed by atoms with van der Waals surface area (Å²) in [5, 5.41) is 17.1. The van der Waals surface area contributed by atoms with Crippen LogP contribution in [-0.4, -0.2) is 35.4 Å². The maximum absolute atomic E-state index is 12.3. The smallest absolute Gasteiger partial charge is 0.273 e. The molecule has 0 radical (unpaired) electrons. The highest BCUT2D eigenvalue weighted by molar-refractivity contribution is 5.93. The molecule has 0 saturated heterocycles. The number of aliphatic hydroxyl groups is 1. The molecule has 1 heterocycles. The van der Waals surface area contributed by atoms with Gasteiger partial charge < -0.3 is 19.7 Å². The molecule has 6 heteroatoms. The first-order chi connectivity index (χ1) is 13.0. The molecule has 0 spiro atoms. The van der Waals surface area contributed by atoms with E-state index in [0.717, 1.165) is 16.9 Å². The molecule has 2 aromatic carbocycles. The van der Waals surface area contributed by atoms with Gasteiger partial charge in [0.25, 0.3) is 5.91 Å². The topological polar surface area (TPSA) is 84.6 Å². The van der Waals surface area contributed by atoms with Gasteiger partial charge in [-0.25, -0.2) is 0 Å². The van der Waals surface area contributed by atoms with Crippen molar-refractivity contribution >= 4 is 5.91 Å². The van der Waals surface area contributed by atoms with E-state index < -0.39 is 11.5 Å². The van der Waals surface area contributed by atoms with E-state index in [-0.39, 0.29) is 12.2 Å². The first-order valence-electron chi connectivity index (χ1n) is 8.62. The van der Waals surface area contributed by atoms with Crippen molar-refractivity contribution in [1.29, 1.82) is 0 Å². The fourth-order valence-electron chi connectivity index (χ4n) is 2.73. The van der Waals surface area contributed by atoms with Crippen LogP contribution in [0, 0.1) is 0 Å². The summed E-state index contributed by atoms with van der Waals surface area (Å²) in [7, 11) is 1.60. The lowest BCUT2D eigenvalue weighted by Gasteiger charge is -2.23. The number of nitrogens with zero attached hydrogens (tertiary/aromatic N) is 1. The van der Waals surface area contributed by atoms with Crippen molar-refractivity contribution < 1.29 is 19.2 Å². The van der Waals surface area contributed by atoms with Crippen LogP contribution in [0.2, 0.25) is 0 Å². The van der Waals surface area contributed by atoms with E-state index >= 15 is 0 Å². The number of carbonyl (C=O) groups is 1. The van der Waals surface area contributed by atoms with E-state index in [1.807, 2.05) is 54.6 Å². The SMILES string of the molecule is COc1ccc(CC(C)(O)CNC(=O)c2cc(-c3ccccc3)on2)cc1. The van der Waals surface area contributed by atoms with Gasteiger partial charge in [-0.2, -0.15) is 0 Å². The Morgan fingerprint density at radius 3 is 2.56 bits per heavy atom. The second kappa shape index (κ2) is 8.05. The number of aromatic nitrogens is 1. The molecule has 0 aliphatic rings. The van der Waals surface area contributed by atoms with Gasteiger partial charge in [-0.05, 0) is 24.6 Å². The number of amides is 1. The van der Waals surface area contributed by atoms with Gasteiger partial charge in [0.15, 0.2) is 11.5 Å². The van der Waals surface area contributed by atoms with Crippen molar-refractivity contribution in [1.82, 2.24) is 10.5 Å². The number of nitrogens with one attached hydrogen (secondary N) is 1. The average Bonchev–Trinajstić information content (AvgIpc) is 3.17. The lowest BCUT2D eigenvalue weighted by atomic mass is 9.96. The van der Waals surface area contributed by atoms with Crippen molar-refractivity contribution in [2.75, 3.05) is 13.7 Å². The number of methoxy groups -OCH3 is 1. The number of hydrogen-bond acceptors (Lipinski definition) is 5. The zero-order valence-corrected chi connectivity index (χ0v) is 15.3. The van der Waals surface area contributed by atoms with Crippen LogP contribution in [0.1, 0.15) is 23.0 Å².